The zero-order valence-corrected chi connectivity index (χ0v) is 59.1. The van der Waals surface area contributed by atoms with E-state index in [1.165, 1.54) is 31.5 Å². The fourth-order valence-corrected chi connectivity index (χ4v) is 17.8. The number of ether oxygens (including phenoxy) is 6. The number of aromatic nitrogens is 3. The zero-order valence-electron chi connectivity index (χ0n) is 59.1. The SMILES string of the molecule is CON=C[C@H]1COC(=O)N1c1noc2c(F)c3c(cc12)CC1(C(=O)NC(=O)NC1=O)[C@H]1[C@H](C)O[C@H](C)CN31.C[C@@H]1CN2c3c(cc4c(N5C(=O)OC[C@@H]5C#N)noc4c3F)CC3(C(=O)NC(=O)NC3=O)[C@H]2[C@H](C)O1.C[C@@H]1CN2c3c(cc4c(N5C[C@H](C=NO)OC5=O)noc4c3F)CC3(C(=O)NC(=O)NC3=O)[C@H]2[C@H](C)O1. The van der Waals surface area contributed by atoms with Gasteiger partial charge in [0.05, 0.1) is 113 Å². The van der Waals surface area contributed by atoms with Crippen molar-refractivity contribution in [1.29, 1.82) is 5.26 Å². The number of carbonyl (C=O) groups is 12. The average molecular weight is 1550 g/mol. The molecule has 0 radical (unpaired) electrons. The lowest BCUT2D eigenvalue weighted by Crippen LogP contribution is -2.75. The van der Waals surface area contributed by atoms with Crippen LogP contribution >= 0.6 is 0 Å². The van der Waals surface area contributed by atoms with Gasteiger partial charge in [-0.25, -0.2) is 51.7 Å². The normalized spacial score (nSPS) is 28.8. The molecule has 9 fully saturated rings. The highest BCUT2D eigenvalue weighted by Crippen LogP contribution is 2.54. The van der Waals surface area contributed by atoms with E-state index in [9.17, 15) is 62.8 Å². The molecule has 41 nitrogen and oxygen atoms in total. The molecule has 6 aromatic rings. The first-order valence-electron chi connectivity index (χ1n) is 34.6. The maximum atomic E-state index is 16.2. The molecule has 44 heteroatoms. The number of urea groups is 3. The number of amides is 15. The first kappa shape index (κ1) is 72.4. The summed E-state index contributed by atoms with van der Waals surface area (Å²) in [6, 6.07) is -0.819. The fraction of sp³-hybridized carbons (Fsp3) is 0.463. The molecule has 580 valence electrons. The number of cyclic esters (lactones) is 3. The number of oxime groups is 2. The Kier molecular flexibility index (Phi) is 17.1. The number of barbiturate groups is 3. The van der Waals surface area contributed by atoms with E-state index in [0.29, 0.717) is 5.56 Å². The number of fused-ring (bicyclic) bond motifs is 15. The lowest BCUT2D eigenvalue weighted by Gasteiger charge is -2.55. The van der Waals surface area contributed by atoms with Crippen molar-refractivity contribution in [2.24, 2.45) is 26.6 Å². The topological polar surface area (TPSA) is 508 Å². The smallest absolute Gasteiger partial charge is 0.416 e. The zero-order chi connectivity index (χ0) is 78.7. The van der Waals surface area contributed by atoms with Crippen LogP contribution in [0.4, 0.5) is 76.5 Å². The number of nitrogens with zero attached hydrogens (tertiary/aromatic N) is 12. The van der Waals surface area contributed by atoms with Crippen LogP contribution in [-0.2, 0) is 81.3 Å². The molecule has 0 unspecified atom stereocenters. The van der Waals surface area contributed by atoms with Crippen molar-refractivity contribution in [3.63, 3.8) is 0 Å². The Morgan fingerprint density at radius 2 is 0.883 bits per heavy atom. The van der Waals surface area contributed by atoms with Crippen LogP contribution in [0.25, 0.3) is 32.9 Å². The van der Waals surface area contributed by atoms with Crippen LogP contribution in [0, 0.1) is 45.0 Å². The van der Waals surface area contributed by atoms with E-state index in [1.54, 1.807) is 56.2 Å². The van der Waals surface area contributed by atoms with Gasteiger partial charge in [0.1, 0.15) is 26.4 Å². The van der Waals surface area contributed by atoms with Crippen LogP contribution in [0.2, 0.25) is 0 Å². The largest absolute Gasteiger partial charge is 0.446 e. The summed E-state index contributed by atoms with van der Waals surface area (Å²) in [6.45, 7) is 10.6. The Morgan fingerprint density at radius 1 is 0.523 bits per heavy atom. The number of nitriles is 1. The Morgan fingerprint density at radius 3 is 1.26 bits per heavy atom. The van der Waals surface area contributed by atoms with E-state index in [0.717, 1.165) is 20.9 Å². The van der Waals surface area contributed by atoms with E-state index < -0.39 is 160 Å². The van der Waals surface area contributed by atoms with Gasteiger partial charge in [-0.05, 0) is 76.4 Å². The second-order valence-corrected chi connectivity index (χ2v) is 28.5. The first-order chi connectivity index (χ1) is 53.0. The van der Waals surface area contributed by atoms with Gasteiger partial charge in [-0.3, -0.25) is 65.6 Å². The van der Waals surface area contributed by atoms with E-state index in [-0.39, 0.29) is 156 Å². The van der Waals surface area contributed by atoms with Crippen LogP contribution in [-0.4, -0.2) is 224 Å². The van der Waals surface area contributed by atoms with Crippen molar-refractivity contribution in [1.82, 2.24) is 47.4 Å². The van der Waals surface area contributed by atoms with Crippen LogP contribution in [0.5, 0.6) is 0 Å². The van der Waals surface area contributed by atoms with Gasteiger partial charge in [0.15, 0.2) is 63.3 Å². The summed E-state index contributed by atoms with van der Waals surface area (Å²) in [4.78, 5) is 166. The number of halogens is 3. The summed E-state index contributed by atoms with van der Waals surface area (Å²) in [6.07, 6.45) is -4.77. The third-order valence-electron chi connectivity index (χ3n) is 21.9. The lowest BCUT2D eigenvalue weighted by atomic mass is 9.66. The molecule has 15 heterocycles. The van der Waals surface area contributed by atoms with E-state index in [1.807, 2.05) is 6.07 Å². The highest BCUT2D eigenvalue weighted by atomic mass is 19.1. The first-order valence-corrected chi connectivity index (χ1v) is 34.6. The molecular formula is C67H63F3N18O23. The van der Waals surface area contributed by atoms with Gasteiger partial charge in [0, 0.05) is 38.9 Å². The molecule has 12 aliphatic heterocycles. The Balaban J connectivity index is 0.000000126. The lowest BCUT2D eigenvalue weighted by molar-refractivity contribution is -0.154. The number of carbonyl (C=O) groups excluding carboxylic acids is 12. The molecule has 9 saturated heterocycles. The maximum absolute atomic E-state index is 16.2. The fourth-order valence-electron chi connectivity index (χ4n) is 17.8. The number of benzene rings is 3. The summed E-state index contributed by atoms with van der Waals surface area (Å²) in [5.74, 6) is -7.39. The van der Waals surface area contributed by atoms with Crippen LogP contribution in [0.15, 0.2) is 42.1 Å². The predicted octanol–water partition coefficient (Wildman–Crippen LogP) is 2.16. The average Bonchev–Trinajstić information content (AvgIpc) is 1.48. The monoisotopic (exact) mass is 1540 g/mol. The van der Waals surface area contributed by atoms with Crippen molar-refractivity contribution >= 4 is 152 Å². The van der Waals surface area contributed by atoms with Crippen molar-refractivity contribution in [2.45, 2.75) is 134 Å². The number of anilines is 6. The highest BCUT2D eigenvalue weighted by Gasteiger charge is 2.67. The van der Waals surface area contributed by atoms with E-state index in [2.05, 4.69) is 57.7 Å². The van der Waals surface area contributed by atoms with Crippen LogP contribution in [0.3, 0.4) is 0 Å². The highest BCUT2D eigenvalue weighted by molar-refractivity contribution is 6.23. The minimum atomic E-state index is -1.81. The van der Waals surface area contributed by atoms with Crippen molar-refractivity contribution < 1.29 is 123 Å². The molecule has 111 heavy (non-hydrogen) atoms. The number of rotatable bonds is 6. The molecule has 12 atom stereocenters. The Hall–Kier alpha value is -12.8. The van der Waals surface area contributed by atoms with Crippen LogP contribution < -0.4 is 61.3 Å². The number of morpholine rings is 3. The summed E-state index contributed by atoms with van der Waals surface area (Å²) in [7, 11) is 1.34. The maximum Gasteiger partial charge on any atom is 0.416 e. The summed E-state index contributed by atoms with van der Waals surface area (Å²) < 4.78 is 97.4. The van der Waals surface area contributed by atoms with Gasteiger partial charge in [0.25, 0.3) is 0 Å². The van der Waals surface area contributed by atoms with Gasteiger partial charge in [0.2, 0.25) is 52.2 Å². The van der Waals surface area contributed by atoms with Gasteiger partial charge in [-0.2, -0.15) is 5.26 Å². The minimum Gasteiger partial charge on any atom is -0.446 e. The Labute approximate surface area is 619 Å². The quantitative estimate of drug-likeness (QED) is 0.0413. The van der Waals surface area contributed by atoms with E-state index >= 15 is 13.2 Å². The van der Waals surface area contributed by atoms with Gasteiger partial charge in [-0.15, -0.1) is 0 Å². The molecule has 3 aromatic heterocycles. The number of hydrogen-bond donors (Lipinski definition) is 7. The molecule has 3 spiro atoms. The number of nitrogens with one attached hydrogen (secondary N) is 6. The minimum absolute atomic E-state index is 0.0237. The van der Waals surface area contributed by atoms with Gasteiger partial charge in [-0.1, -0.05) is 25.8 Å². The second kappa shape index (κ2) is 26.2. The molecule has 0 saturated carbocycles. The molecule has 18 rings (SSSR count). The summed E-state index contributed by atoms with van der Waals surface area (Å²) >= 11 is 0. The van der Waals surface area contributed by atoms with Crippen LogP contribution in [0.1, 0.15) is 58.2 Å². The van der Waals surface area contributed by atoms with Gasteiger partial charge >= 0.3 is 36.4 Å². The Bertz CT molecular complexity index is 5190. The van der Waals surface area contributed by atoms with Crippen molar-refractivity contribution in [3.8, 4) is 6.07 Å². The molecule has 0 bridgehead atoms. The van der Waals surface area contributed by atoms with E-state index in [4.69, 9.17) is 52.0 Å². The number of hydrogen-bond acceptors (Lipinski definition) is 32. The van der Waals surface area contributed by atoms with Crippen molar-refractivity contribution in [3.05, 3.63) is 52.3 Å². The standard InChI is InChI=1S/C23H23FN6O8.C22H21FN6O8.C22H19FN6O7/c1-9-7-29-15-11(5-23(17(29)10(2)37-9)19(31)26-21(33)27-20(23)32)4-13-16(14(15)24)38-28-18(13)30-12(6-25-35-3)8-36-22(30)34;1-8-6-28-14-10(4-22(16(28)9(2)35-8)18(30)25-20(32)26-19(22)31)3-12-15(13(14)23)37-27-17(12)29-7-11(5-24-34)36-21(29)33;1-8-6-28-14-10(4-22(16(28)9(2)35-8)18(30)25-20(32)26-19(22)31)3-12-15(13(14)23)36-27-17(12)29-11(5-24)7-34-21(29)33/h4,6,9-10,12,17H,5,7-8H2,1-3H3,(H2,26,27,31,32,33);3,5,8-9,11,16,34H,4,6-7H2,1-2H3,(H2,25,26,30,31,32);3,8-9,11,16H,4,6-7H2,1-2H3,(H2,25,26,30,31,32)/t9-,10+,12+,17-;2*8-,9+,11+,16-/m111/s1. The molecule has 3 aromatic carbocycles. The van der Waals surface area contributed by atoms with Crippen molar-refractivity contribution in [2.75, 3.05) is 75.9 Å². The predicted molar refractivity (Wildman–Crippen MR) is 363 cm³/mol. The summed E-state index contributed by atoms with van der Waals surface area (Å²) in [5, 5.41) is 49.8. The molecular weight excluding hydrogens is 1480 g/mol. The number of imide groups is 6. The molecule has 15 amide bonds. The third-order valence-corrected chi connectivity index (χ3v) is 21.9. The molecule has 0 aliphatic carbocycles. The molecule has 12 aliphatic rings. The second-order valence-electron chi connectivity index (χ2n) is 28.5. The molecule has 7 N–H and O–H groups in total. The van der Waals surface area contributed by atoms with Gasteiger partial charge < -0.3 is 66.7 Å². The third kappa shape index (κ3) is 10.8. The summed E-state index contributed by atoms with van der Waals surface area (Å²) in [5.41, 5.74) is -4.87.